The molecule has 0 saturated heterocycles. The Balaban J connectivity index is -0.000000500. The maximum absolute atomic E-state index is 10.7. The molecule has 13 heavy (non-hydrogen) atoms. The van der Waals surface area contributed by atoms with Gasteiger partial charge in [0.05, 0.1) is 0 Å². The first-order chi connectivity index (χ1) is 4.95. The van der Waals surface area contributed by atoms with E-state index in [0.29, 0.717) is 0 Å². The third-order valence-electron chi connectivity index (χ3n) is 1.24. The molecule has 0 aliphatic carbocycles. The van der Waals surface area contributed by atoms with E-state index in [0.717, 1.165) is 0 Å². The van der Waals surface area contributed by atoms with Gasteiger partial charge in [0.1, 0.15) is 0 Å². The number of amides is 2. The van der Waals surface area contributed by atoms with Crippen LogP contribution in [-0.2, 0) is 33.4 Å². The van der Waals surface area contributed by atoms with Crippen LogP contribution in [0.15, 0.2) is 0 Å². The number of nitrogens with zero attached hydrogens (tertiary/aromatic N) is 2. The van der Waals surface area contributed by atoms with Crippen molar-refractivity contribution in [3.8, 4) is 0 Å². The van der Waals surface area contributed by atoms with E-state index in [2.05, 4.69) is 0 Å². The largest absolute Gasteiger partial charge is 1.00 e. The molecular formula is C6H12Br2N2O2Zr. The van der Waals surface area contributed by atoms with Crippen LogP contribution < -0.4 is 34.0 Å². The Bertz CT molecular complexity index is 162. The van der Waals surface area contributed by atoms with Gasteiger partial charge >= 0.3 is 78.8 Å². The van der Waals surface area contributed by atoms with E-state index >= 15 is 0 Å². The second kappa shape index (κ2) is 9.34. The summed E-state index contributed by atoms with van der Waals surface area (Å²) >= 11 is -1.14. The molecule has 0 saturated carbocycles. The normalized spacial score (nSPS) is 7.08. The molecule has 0 heterocycles. The molecule has 0 fully saturated rings. The third-order valence-corrected chi connectivity index (χ3v) is 4.27. The summed E-state index contributed by atoms with van der Waals surface area (Å²) < 4.78 is 3.29. The predicted octanol–water partition coefficient (Wildman–Crippen LogP) is -6.14. The minimum absolute atomic E-state index is 0. The zero-order chi connectivity index (χ0) is 9.02. The standard InChI is InChI=1S/2C3H7NO.2BrH.Zr/c2*1-3(5)4-2;;;/h2*1-2H3,(H,4,5);2*1H;/q;;;;+4/p-4. The van der Waals surface area contributed by atoms with Gasteiger partial charge in [-0.3, -0.25) is 0 Å². The van der Waals surface area contributed by atoms with Gasteiger partial charge in [-0.2, -0.15) is 0 Å². The summed E-state index contributed by atoms with van der Waals surface area (Å²) in [7, 11) is 3.46. The number of halogens is 2. The molecule has 0 rings (SSSR count). The average Bonchev–Trinajstić information content (AvgIpc) is 1.87. The number of carbonyl (C=O) groups excluding carboxylic acids is 2. The molecule has 0 aliphatic heterocycles. The molecule has 0 aromatic heterocycles. The van der Waals surface area contributed by atoms with E-state index in [-0.39, 0.29) is 45.8 Å². The van der Waals surface area contributed by atoms with Gasteiger partial charge in [0.2, 0.25) is 0 Å². The molecule has 0 unspecified atom stereocenters. The summed E-state index contributed by atoms with van der Waals surface area (Å²) in [5, 5.41) is 0. The number of carbonyl (C=O) groups is 2. The minimum atomic E-state index is -1.14. The van der Waals surface area contributed by atoms with Crippen LogP contribution in [-0.4, -0.2) is 31.6 Å². The quantitative estimate of drug-likeness (QED) is 0.467. The van der Waals surface area contributed by atoms with Gasteiger partial charge in [-0.05, 0) is 0 Å². The first kappa shape index (κ1) is 19.4. The Morgan fingerprint density at radius 3 is 1.31 bits per heavy atom. The molecule has 0 aromatic rings. The molecule has 0 spiro atoms. The van der Waals surface area contributed by atoms with E-state index in [1.807, 2.05) is 0 Å². The van der Waals surface area contributed by atoms with Crippen LogP contribution in [0.25, 0.3) is 0 Å². The SMILES string of the molecule is CC(=O)[N](C)[Zr+2][N](C)C(C)=O.[Br-].[Br-]. The van der Waals surface area contributed by atoms with Gasteiger partial charge in [0, 0.05) is 0 Å². The third kappa shape index (κ3) is 9.10. The van der Waals surface area contributed by atoms with Gasteiger partial charge in [0.25, 0.3) is 0 Å². The number of hydrogen-bond donors (Lipinski definition) is 0. The fourth-order valence-corrected chi connectivity index (χ4v) is 2.16. The van der Waals surface area contributed by atoms with Crippen molar-refractivity contribution in [2.75, 3.05) is 14.1 Å². The van der Waals surface area contributed by atoms with E-state index in [1.165, 1.54) is 13.8 Å². The van der Waals surface area contributed by atoms with Crippen LogP contribution in [0.3, 0.4) is 0 Å². The van der Waals surface area contributed by atoms with Gasteiger partial charge in [-0.15, -0.1) is 0 Å². The fraction of sp³-hybridized carbons (Fsp3) is 0.667. The molecule has 0 N–H and O–H groups in total. The molecule has 0 aliphatic rings. The molecule has 7 heteroatoms. The Labute approximate surface area is 112 Å². The van der Waals surface area contributed by atoms with E-state index < -0.39 is 23.8 Å². The van der Waals surface area contributed by atoms with Crippen LogP contribution in [0.4, 0.5) is 0 Å². The maximum atomic E-state index is 10.7. The molecule has 0 bridgehead atoms. The number of rotatable bonds is 2. The maximum Gasteiger partial charge on any atom is -1.00 e. The number of hydrogen-bond acceptors (Lipinski definition) is 2. The van der Waals surface area contributed by atoms with E-state index in [9.17, 15) is 9.59 Å². The van der Waals surface area contributed by atoms with Gasteiger partial charge < -0.3 is 34.0 Å². The van der Waals surface area contributed by atoms with Crippen molar-refractivity contribution in [1.82, 2.24) is 5.69 Å². The van der Waals surface area contributed by atoms with E-state index in [4.69, 9.17) is 0 Å². The predicted molar refractivity (Wildman–Crippen MR) is 36.9 cm³/mol. The van der Waals surface area contributed by atoms with Crippen LogP contribution in [0.1, 0.15) is 13.8 Å². The molecule has 2 amide bonds. The molecule has 0 aromatic carbocycles. The summed E-state index contributed by atoms with van der Waals surface area (Å²) in [4.78, 5) is 21.5. The molecule has 4 nitrogen and oxygen atoms in total. The van der Waals surface area contributed by atoms with Crippen LogP contribution in [0, 0.1) is 0 Å². The zero-order valence-electron chi connectivity index (χ0n) is 7.97. The zero-order valence-corrected chi connectivity index (χ0v) is 13.6. The Morgan fingerprint density at radius 2 is 1.15 bits per heavy atom. The van der Waals surface area contributed by atoms with Crippen molar-refractivity contribution < 1.29 is 67.4 Å². The van der Waals surface area contributed by atoms with Crippen molar-refractivity contribution in [2.45, 2.75) is 13.8 Å². The summed E-state index contributed by atoms with van der Waals surface area (Å²) in [6.07, 6.45) is 0. The summed E-state index contributed by atoms with van der Waals surface area (Å²) in [6.45, 7) is 3.02. The summed E-state index contributed by atoms with van der Waals surface area (Å²) in [5.74, 6) is 0.0643. The topological polar surface area (TPSA) is 40.6 Å². The van der Waals surface area contributed by atoms with Crippen molar-refractivity contribution >= 4 is 11.8 Å². The summed E-state index contributed by atoms with van der Waals surface area (Å²) in [5.41, 5.74) is 0. The second-order valence-electron chi connectivity index (χ2n) is 2.26. The average molecular weight is 395 g/mol. The van der Waals surface area contributed by atoms with Gasteiger partial charge in [-0.25, -0.2) is 0 Å². The van der Waals surface area contributed by atoms with E-state index in [1.54, 1.807) is 19.8 Å². The summed E-state index contributed by atoms with van der Waals surface area (Å²) in [6, 6.07) is 0. The van der Waals surface area contributed by atoms with Crippen molar-refractivity contribution in [1.29, 1.82) is 0 Å². The monoisotopic (exact) mass is 392 g/mol. The smallest absolute Gasteiger partial charge is 1.00 e. The van der Waals surface area contributed by atoms with Crippen molar-refractivity contribution in [3.63, 3.8) is 0 Å². The van der Waals surface area contributed by atoms with Gasteiger partial charge in [0.15, 0.2) is 0 Å². The Kier molecular flexibility index (Phi) is 13.9. The van der Waals surface area contributed by atoms with Crippen LogP contribution in [0.2, 0.25) is 0 Å². The minimum Gasteiger partial charge on any atom is -1.00 e. The Hall–Kier alpha value is 0.783. The van der Waals surface area contributed by atoms with Crippen molar-refractivity contribution in [3.05, 3.63) is 0 Å². The fourth-order valence-electron chi connectivity index (χ4n) is 0.366. The first-order valence-electron chi connectivity index (χ1n) is 3.20. The first-order valence-corrected chi connectivity index (χ1v) is 5.40. The molecule has 0 radical (unpaired) electrons. The molecule has 0 atom stereocenters. The molecular weight excluding hydrogens is 383 g/mol. The second-order valence-corrected chi connectivity index (χ2v) is 6.05. The molecule has 76 valence electrons. The van der Waals surface area contributed by atoms with Crippen LogP contribution >= 0.6 is 0 Å². The van der Waals surface area contributed by atoms with Gasteiger partial charge in [-0.1, -0.05) is 0 Å². The Morgan fingerprint density at radius 1 is 0.923 bits per heavy atom. The van der Waals surface area contributed by atoms with Crippen molar-refractivity contribution in [2.24, 2.45) is 0 Å². The van der Waals surface area contributed by atoms with Crippen LogP contribution in [0.5, 0.6) is 0 Å².